The molecule has 0 spiro atoms. The van der Waals surface area contributed by atoms with Crippen molar-refractivity contribution >= 4 is 28.6 Å². The molecular weight excluding hydrogens is 362 g/mol. The van der Waals surface area contributed by atoms with E-state index in [0.29, 0.717) is 11.3 Å². The molecule has 0 saturated carbocycles. The van der Waals surface area contributed by atoms with E-state index in [4.69, 9.17) is 9.84 Å². The van der Waals surface area contributed by atoms with Crippen LogP contribution in [0.25, 0.3) is 0 Å². The Morgan fingerprint density at radius 1 is 1.21 bits per heavy atom. The highest BCUT2D eigenvalue weighted by Gasteiger charge is 2.10. The third-order valence-electron chi connectivity index (χ3n) is 2.48. The topological polar surface area (TPSA) is 46.5 Å². The summed E-state index contributed by atoms with van der Waals surface area (Å²) < 4.78 is 20.0. The number of aromatic carboxylic acids is 1. The normalized spacial score (nSPS) is 10.2. The van der Waals surface area contributed by atoms with E-state index < -0.39 is 11.8 Å². The Kier molecular flexibility index (Phi) is 4.36. The van der Waals surface area contributed by atoms with Crippen molar-refractivity contribution in [2.24, 2.45) is 0 Å². The van der Waals surface area contributed by atoms with Crippen LogP contribution in [0.15, 0.2) is 42.5 Å². The molecule has 98 valence electrons. The average molecular weight is 372 g/mol. The minimum Gasteiger partial charge on any atom is -0.489 e. The van der Waals surface area contributed by atoms with Gasteiger partial charge in [-0.1, -0.05) is 6.07 Å². The summed E-state index contributed by atoms with van der Waals surface area (Å²) in [7, 11) is 0. The first-order valence-electron chi connectivity index (χ1n) is 5.46. The van der Waals surface area contributed by atoms with Gasteiger partial charge in [0.2, 0.25) is 0 Å². The fourth-order valence-electron chi connectivity index (χ4n) is 1.52. The van der Waals surface area contributed by atoms with E-state index in [2.05, 4.69) is 22.6 Å². The first-order chi connectivity index (χ1) is 9.06. The quantitative estimate of drug-likeness (QED) is 0.833. The molecule has 0 unspecified atom stereocenters. The number of ether oxygens (including phenoxy) is 1. The molecule has 0 radical (unpaired) electrons. The maximum atomic E-state index is 13.4. The lowest BCUT2D eigenvalue weighted by molar-refractivity contribution is 0.0692. The van der Waals surface area contributed by atoms with Crippen molar-refractivity contribution in [2.45, 2.75) is 6.61 Å². The van der Waals surface area contributed by atoms with Crippen LogP contribution in [0.4, 0.5) is 4.39 Å². The molecule has 0 aliphatic carbocycles. The van der Waals surface area contributed by atoms with Crippen LogP contribution >= 0.6 is 22.6 Å². The number of carboxylic acid groups (broad SMARTS) is 1. The second-order valence-electron chi connectivity index (χ2n) is 3.86. The van der Waals surface area contributed by atoms with Crippen molar-refractivity contribution in [1.29, 1.82) is 0 Å². The molecule has 1 N–H and O–H groups in total. The molecule has 0 heterocycles. The Morgan fingerprint density at radius 2 is 1.89 bits per heavy atom. The van der Waals surface area contributed by atoms with Crippen LogP contribution in [0.1, 0.15) is 15.9 Å². The highest BCUT2D eigenvalue weighted by atomic mass is 127. The largest absolute Gasteiger partial charge is 0.489 e. The summed E-state index contributed by atoms with van der Waals surface area (Å²) in [6.07, 6.45) is 0. The van der Waals surface area contributed by atoms with Crippen molar-refractivity contribution in [3.8, 4) is 5.75 Å². The Hall–Kier alpha value is -1.63. The van der Waals surface area contributed by atoms with E-state index in [9.17, 15) is 9.18 Å². The minimum absolute atomic E-state index is 0.192. The monoisotopic (exact) mass is 372 g/mol. The van der Waals surface area contributed by atoms with Gasteiger partial charge >= 0.3 is 5.97 Å². The van der Waals surface area contributed by atoms with Gasteiger partial charge < -0.3 is 9.84 Å². The first kappa shape index (κ1) is 13.8. The van der Waals surface area contributed by atoms with Crippen molar-refractivity contribution < 1.29 is 19.0 Å². The van der Waals surface area contributed by atoms with Crippen LogP contribution in [0.2, 0.25) is 0 Å². The van der Waals surface area contributed by atoms with Gasteiger partial charge in [0.05, 0.1) is 5.56 Å². The summed E-state index contributed by atoms with van der Waals surface area (Å²) in [5.41, 5.74) is 0.249. The molecule has 0 aliphatic rings. The molecule has 0 bridgehead atoms. The van der Waals surface area contributed by atoms with Crippen molar-refractivity contribution in [3.05, 3.63) is 63.0 Å². The molecule has 0 aliphatic heterocycles. The predicted octanol–water partition coefficient (Wildman–Crippen LogP) is 3.71. The van der Waals surface area contributed by atoms with Gasteiger partial charge in [0.15, 0.2) is 0 Å². The minimum atomic E-state index is -1.28. The highest BCUT2D eigenvalue weighted by Crippen LogP contribution is 2.16. The lowest BCUT2D eigenvalue weighted by Crippen LogP contribution is -2.02. The highest BCUT2D eigenvalue weighted by molar-refractivity contribution is 14.1. The van der Waals surface area contributed by atoms with Crippen LogP contribution in [-0.4, -0.2) is 11.1 Å². The molecule has 0 fully saturated rings. The lowest BCUT2D eigenvalue weighted by atomic mass is 10.1. The van der Waals surface area contributed by atoms with Crippen LogP contribution in [0.3, 0.4) is 0 Å². The summed E-state index contributed by atoms with van der Waals surface area (Å²) in [5.74, 6) is -1.35. The smallest absolute Gasteiger partial charge is 0.338 e. The molecule has 0 atom stereocenters. The fraction of sp³-hybridized carbons (Fsp3) is 0.0714. The van der Waals surface area contributed by atoms with Gasteiger partial charge in [0.25, 0.3) is 0 Å². The summed E-state index contributed by atoms with van der Waals surface area (Å²) >= 11 is 2.19. The van der Waals surface area contributed by atoms with Gasteiger partial charge in [0.1, 0.15) is 18.2 Å². The summed E-state index contributed by atoms with van der Waals surface area (Å²) in [6.45, 7) is 0.192. The second-order valence-corrected chi connectivity index (χ2v) is 5.11. The molecular formula is C14H10FIO3. The van der Waals surface area contributed by atoms with Crippen LogP contribution < -0.4 is 4.74 Å². The number of hydrogen-bond acceptors (Lipinski definition) is 2. The van der Waals surface area contributed by atoms with Gasteiger partial charge in [-0.3, -0.25) is 0 Å². The van der Waals surface area contributed by atoms with Crippen molar-refractivity contribution in [3.63, 3.8) is 0 Å². The number of carbonyl (C=O) groups is 1. The van der Waals surface area contributed by atoms with Gasteiger partial charge in [0, 0.05) is 3.57 Å². The number of carboxylic acids is 1. The van der Waals surface area contributed by atoms with E-state index in [1.165, 1.54) is 12.1 Å². The second kappa shape index (κ2) is 6.01. The first-order valence-corrected chi connectivity index (χ1v) is 6.54. The van der Waals surface area contributed by atoms with Gasteiger partial charge in [-0.2, -0.15) is 0 Å². The van der Waals surface area contributed by atoms with E-state index in [1.54, 1.807) is 6.07 Å². The van der Waals surface area contributed by atoms with Gasteiger partial charge in [-0.15, -0.1) is 0 Å². The number of hydrogen-bond donors (Lipinski definition) is 1. The van der Waals surface area contributed by atoms with Crippen molar-refractivity contribution in [1.82, 2.24) is 0 Å². The number of benzene rings is 2. The zero-order valence-electron chi connectivity index (χ0n) is 9.77. The van der Waals surface area contributed by atoms with Gasteiger partial charge in [-0.25, -0.2) is 9.18 Å². The summed E-state index contributed by atoms with van der Waals surface area (Å²) in [6, 6.07) is 11.4. The zero-order chi connectivity index (χ0) is 13.8. The number of rotatable bonds is 4. The molecule has 2 aromatic rings. The molecule has 19 heavy (non-hydrogen) atoms. The maximum absolute atomic E-state index is 13.4. The van der Waals surface area contributed by atoms with E-state index >= 15 is 0 Å². The van der Waals surface area contributed by atoms with Gasteiger partial charge in [-0.05, 0) is 64.6 Å². The van der Waals surface area contributed by atoms with Crippen molar-refractivity contribution in [2.75, 3.05) is 0 Å². The molecule has 0 aromatic heterocycles. The molecule has 0 saturated heterocycles. The summed E-state index contributed by atoms with van der Waals surface area (Å²) in [4.78, 5) is 10.7. The van der Waals surface area contributed by atoms with E-state index in [-0.39, 0.29) is 12.2 Å². The Balaban J connectivity index is 2.06. The van der Waals surface area contributed by atoms with Crippen LogP contribution in [0, 0.1) is 9.39 Å². The van der Waals surface area contributed by atoms with E-state index in [1.807, 2.05) is 24.3 Å². The zero-order valence-corrected chi connectivity index (χ0v) is 11.9. The number of halogens is 2. The maximum Gasteiger partial charge on any atom is 0.338 e. The van der Waals surface area contributed by atoms with Crippen LogP contribution in [0.5, 0.6) is 5.75 Å². The molecule has 3 nitrogen and oxygen atoms in total. The Morgan fingerprint density at radius 3 is 2.47 bits per heavy atom. The van der Waals surface area contributed by atoms with Crippen LogP contribution in [-0.2, 0) is 6.61 Å². The molecule has 2 rings (SSSR count). The van der Waals surface area contributed by atoms with E-state index in [0.717, 1.165) is 3.57 Å². The average Bonchev–Trinajstić information content (AvgIpc) is 2.37. The SMILES string of the molecule is O=C(O)c1ccc(COc2ccc(I)cc2)cc1F. The Labute approximate surface area is 123 Å². The summed E-state index contributed by atoms with van der Waals surface area (Å²) in [5, 5.41) is 8.72. The third-order valence-corrected chi connectivity index (χ3v) is 3.20. The standard InChI is InChI=1S/C14H10FIO3/c15-13-7-9(1-6-12(13)14(17)18)8-19-11-4-2-10(16)3-5-11/h1-7H,8H2,(H,17,18). The Bertz CT molecular complexity index is 596. The third kappa shape index (κ3) is 3.66. The lowest BCUT2D eigenvalue weighted by Gasteiger charge is -2.07. The molecule has 0 amide bonds. The molecule has 2 aromatic carbocycles. The molecule has 5 heteroatoms. The fourth-order valence-corrected chi connectivity index (χ4v) is 1.88. The predicted molar refractivity (Wildman–Crippen MR) is 76.9 cm³/mol.